The monoisotopic (exact) mass is 275 g/mol. The quantitative estimate of drug-likeness (QED) is 0.633. The molecule has 0 bridgehead atoms. The third-order valence-electron chi connectivity index (χ3n) is 2.20. The fourth-order valence-electron chi connectivity index (χ4n) is 1.35. The average molecular weight is 276 g/mol. The van der Waals surface area contributed by atoms with Crippen molar-refractivity contribution in [2.75, 3.05) is 0 Å². The number of halogens is 1. The maximum Gasteiger partial charge on any atom is 0.288 e. The van der Waals surface area contributed by atoms with Gasteiger partial charge in [0.1, 0.15) is 10.8 Å². The highest BCUT2D eigenvalue weighted by Gasteiger charge is 2.13. The van der Waals surface area contributed by atoms with Crippen LogP contribution in [0, 0.1) is 21.4 Å². The molecular formula is C12H6ClN3O3. The van der Waals surface area contributed by atoms with Crippen LogP contribution in [-0.2, 0) is 0 Å². The summed E-state index contributed by atoms with van der Waals surface area (Å²) in [6, 6.07) is 8.91. The summed E-state index contributed by atoms with van der Waals surface area (Å²) in [6.45, 7) is 0. The van der Waals surface area contributed by atoms with Crippen LogP contribution in [0.4, 0.5) is 5.69 Å². The Hall–Kier alpha value is -2.65. The highest BCUT2D eigenvalue weighted by atomic mass is 35.5. The molecule has 1 aromatic heterocycles. The lowest BCUT2D eigenvalue weighted by Crippen LogP contribution is -1.91. The molecule has 0 atom stereocenters. The van der Waals surface area contributed by atoms with E-state index in [1.807, 2.05) is 6.07 Å². The van der Waals surface area contributed by atoms with E-state index in [1.165, 1.54) is 36.5 Å². The lowest BCUT2D eigenvalue weighted by Gasteiger charge is -2.05. The molecule has 0 spiro atoms. The third kappa shape index (κ3) is 2.97. The second-order valence-corrected chi connectivity index (χ2v) is 3.87. The Bertz CT molecular complexity index is 682. The average Bonchev–Trinajstić information content (AvgIpc) is 2.38. The van der Waals surface area contributed by atoms with E-state index in [0.29, 0.717) is 11.3 Å². The van der Waals surface area contributed by atoms with Gasteiger partial charge in [-0.2, -0.15) is 5.26 Å². The Morgan fingerprint density at radius 1 is 1.37 bits per heavy atom. The molecular weight excluding hydrogens is 270 g/mol. The van der Waals surface area contributed by atoms with Crippen LogP contribution in [0.15, 0.2) is 36.5 Å². The molecule has 2 rings (SSSR count). The third-order valence-corrected chi connectivity index (χ3v) is 2.50. The largest absolute Gasteiger partial charge is 0.439 e. The van der Waals surface area contributed by atoms with Crippen molar-refractivity contribution in [3.63, 3.8) is 0 Å². The van der Waals surface area contributed by atoms with Crippen LogP contribution in [-0.4, -0.2) is 9.91 Å². The van der Waals surface area contributed by atoms with E-state index in [2.05, 4.69) is 4.98 Å². The normalized spacial score (nSPS) is 9.68. The van der Waals surface area contributed by atoms with E-state index in [9.17, 15) is 10.1 Å². The van der Waals surface area contributed by atoms with Gasteiger partial charge in [-0.1, -0.05) is 11.6 Å². The number of benzene rings is 1. The minimum atomic E-state index is -0.583. The summed E-state index contributed by atoms with van der Waals surface area (Å²) >= 11 is 5.75. The second kappa shape index (κ2) is 5.33. The van der Waals surface area contributed by atoms with Gasteiger partial charge in [0.05, 0.1) is 16.6 Å². The molecule has 2 aromatic rings. The van der Waals surface area contributed by atoms with E-state index in [4.69, 9.17) is 21.6 Å². The first-order valence-electron chi connectivity index (χ1n) is 5.08. The zero-order chi connectivity index (χ0) is 13.8. The van der Waals surface area contributed by atoms with E-state index < -0.39 is 4.92 Å². The van der Waals surface area contributed by atoms with E-state index in [0.717, 1.165) is 0 Å². The molecule has 0 radical (unpaired) electrons. The van der Waals surface area contributed by atoms with E-state index >= 15 is 0 Å². The van der Waals surface area contributed by atoms with Crippen molar-refractivity contribution in [1.29, 1.82) is 5.26 Å². The van der Waals surface area contributed by atoms with Crippen molar-refractivity contribution in [3.8, 4) is 17.7 Å². The van der Waals surface area contributed by atoms with Crippen LogP contribution in [0.25, 0.3) is 0 Å². The standard InChI is InChI=1S/C12H6ClN3O3/c13-10-6-9(1-2-11(10)16(17)18)19-12-5-8(7-14)3-4-15-12/h1-6H. The van der Waals surface area contributed by atoms with Gasteiger partial charge in [0, 0.05) is 24.4 Å². The molecule has 0 aliphatic heterocycles. The Labute approximate surface area is 113 Å². The lowest BCUT2D eigenvalue weighted by atomic mass is 10.3. The molecule has 6 nitrogen and oxygen atoms in total. The van der Waals surface area contributed by atoms with Crippen molar-refractivity contribution in [2.24, 2.45) is 0 Å². The topological polar surface area (TPSA) is 89.0 Å². The molecule has 0 N–H and O–H groups in total. The number of hydrogen-bond acceptors (Lipinski definition) is 5. The van der Waals surface area contributed by atoms with Gasteiger partial charge in [-0.25, -0.2) is 4.98 Å². The first-order chi connectivity index (χ1) is 9.10. The Balaban J connectivity index is 2.26. The van der Waals surface area contributed by atoms with Crippen LogP contribution in [0.2, 0.25) is 5.02 Å². The summed E-state index contributed by atoms with van der Waals surface area (Å²) in [4.78, 5) is 13.9. The van der Waals surface area contributed by atoms with Gasteiger partial charge in [-0.3, -0.25) is 10.1 Å². The Kier molecular flexibility index (Phi) is 3.59. The number of nitrogens with zero attached hydrogens (tertiary/aromatic N) is 3. The molecule has 19 heavy (non-hydrogen) atoms. The fourth-order valence-corrected chi connectivity index (χ4v) is 1.59. The number of nitro benzene ring substituents is 1. The Morgan fingerprint density at radius 3 is 2.79 bits per heavy atom. The number of ether oxygens (including phenoxy) is 1. The van der Waals surface area contributed by atoms with Gasteiger partial charge in [0.15, 0.2) is 0 Å². The summed E-state index contributed by atoms with van der Waals surface area (Å²) in [5.74, 6) is 0.516. The van der Waals surface area contributed by atoms with Crippen molar-refractivity contribution in [2.45, 2.75) is 0 Å². The first kappa shape index (κ1) is 12.8. The van der Waals surface area contributed by atoms with Gasteiger partial charge >= 0.3 is 0 Å². The zero-order valence-corrected chi connectivity index (χ0v) is 10.2. The summed E-state index contributed by atoms with van der Waals surface area (Å²) in [5.41, 5.74) is 0.200. The minimum absolute atomic E-state index is 0.0288. The highest BCUT2D eigenvalue weighted by Crippen LogP contribution is 2.30. The molecule has 0 aliphatic carbocycles. The molecule has 1 aromatic carbocycles. The Morgan fingerprint density at radius 2 is 2.16 bits per heavy atom. The second-order valence-electron chi connectivity index (χ2n) is 3.47. The van der Waals surface area contributed by atoms with Crippen LogP contribution in [0.1, 0.15) is 5.56 Å². The molecule has 0 fully saturated rings. The number of nitro groups is 1. The van der Waals surface area contributed by atoms with Crippen LogP contribution in [0.3, 0.4) is 0 Å². The summed E-state index contributed by atoms with van der Waals surface area (Å²) < 4.78 is 5.37. The summed E-state index contributed by atoms with van der Waals surface area (Å²) in [7, 11) is 0. The summed E-state index contributed by atoms with van der Waals surface area (Å²) in [6.07, 6.45) is 1.43. The molecule has 0 saturated carbocycles. The molecule has 7 heteroatoms. The summed E-state index contributed by atoms with van der Waals surface area (Å²) in [5, 5.41) is 19.3. The number of pyridine rings is 1. The molecule has 0 aliphatic rings. The predicted octanol–water partition coefficient (Wildman–Crippen LogP) is 3.31. The predicted molar refractivity (Wildman–Crippen MR) is 67.1 cm³/mol. The van der Waals surface area contributed by atoms with E-state index in [-0.39, 0.29) is 16.6 Å². The smallest absolute Gasteiger partial charge is 0.288 e. The van der Waals surface area contributed by atoms with Gasteiger partial charge in [-0.05, 0) is 12.1 Å². The van der Waals surface area contributed by atoms with Gasteiger partial charge in [0.2, 0.25) is 5.88 Å². The number of hydrogen-bond donors (Lipinski definition) is 0. The van der Waals surface area contributed by atoms with E-state index in [1.54, 1.807) is 0 Å². The SMILES string of the molecule is N#Cc1ccnc(Oc2ccc([N+](=O)[O-])c(Cl)c2)c1. The van der Waals surface area contributed by atoms with Crippen LogP contribution in [0.5, 0.6) is 11.6 Å². The fraction of sp³-hybridized carbons (Fsp3) is 0. The maximum absolute atomic E-state index is 10.6. The number of aromatic nitrogens is 1. The van der Waals surface area contributed by atoms with Gasteiger partial charge in [0.25, 0.3) is 5.69 Å². The van der Waals surface area contributed by atoms with Gasteiger partial charge in [-0.15, -0.1) is 0 Å². The van der Waals surface area contributed by atoms with Crippen molar-refractivity contribution < 1.29 is 9.66 Å². The first-order valence-corrected chi connectivity index (χ1v) is 5.46. The molecule has 94 valence electrons. The van der Waals surface area contributed by atoms with Gasteiger partial charge < -0.3 is 4.74 Å². The maximum atomic E-state index is 10.6. The van der Waals surface area contributed by atoms with Crippen molar-refractivity contribution in [1.82, 2.24) is 4.98 Å². The molecule has 0 unspecified atom stereocenters. The van der Waals surface area contributed by atoms with Crippen molar-refractivity contribution >= 4 is 17.3 Å². The van der Waals surface area contributed by atoms with Crippen molar-refractivity contribution in [3.05, 3.63) is 57.2 Å². The van der Waals surface area contributed by atoms with Crippen LogP contribution >= 0.6 is 11.6 Å². The lowest BCUT2D eigenvalue weighted by molar-refractivity contribution is -0.384. The highest BCUT2D eigenvalue weighted by molar-refractivity contribution is 6.32. The molecule has 0 amide bonds. The molecule has 0 saturated heterocycles. The molecule has 1 heterocycles. The number of rotatable bonds is 3. The zero-order valence-electron chi connectivity index (χ0n) is 9.41. The minimum Gasteiger partial charge on any atom is -0.439 e. The number of nitriles is 1. The van der Waals surface area contributed by atoms with Crippen LogP contribution < -0.4 is 4.74 Å².